The number of aryl methyl sites for hydroxylation is 1. The van der Waals surface area contributed by atoms with Gasteiger partial charge >= 0.3 is 6.03 Å². The Hall–Kier alpha value is -2.54. The highest BCUT2D eigenvalue weighted by Gasteiger charge is 2.17. The lowest BCUT2D eigenvalue weighted by Crippen LogP contribution is -2.36. The third-order valence-corrected chi connectivity index (χ3v) is 5.39. The molecule has 0 spiro atoms. The average Bonchev–Trinajstić information content (AvgIpc) is 3.26. The van der Waals surface area contributed by atoms with Gasteiger partial charge in [-0.3, -0.25) is 10.3 Å². The van der Waals surface area contributed by atoms with Gasteiger partial charge in [0.1, 0.15) is 17.0 Å². The van der Waals surface area contributed by atoms with Crippen molar-refractivity contribution in [1.82, 2.24) is 20.3 Å². The van der Waals surface area contributed by atoms with Crippen molar-refractivity contribution in [2.24, 2.45) is 0 Å². The number of pyridine rings is 1. The van der Waals surface area contributed by atoms with Gasteiger partial charge in [-0.05, 0) is 48.9 Å². The smallest absolute Gasteiger partial charge is 0.320 e. The number of urea groups is 1. The third kappa shape index (κ3) is 3.61. The molecule has 1 saturated carbocycles. The number of hydrogen-bond acceptors (Lipinski definition) is 5. The Morgan fingerprint density at radius 2 is 2.08 bits per heavy atom. The molecule has 4 rings (SSSR count). The standard InChI is InChI=1S/C18H19N5OS/c1-11-8-15(25-10-11)14-9-19-13-6-7-16(22-17(13)21-14)23-18(24)20-12-4-2-3-5-12/h6-10,12H,2-5H2,1H3,(H2,20,21,22,23,24). The van der Waals surface area contributed by atoms with Crippen LogP contribution < -0.4 is 10.6 Å². The summed E-state index contributed by atoms with van der Waals surface area (Å²) >= 11 is 1.63. The van der Waals surface area contributed by atoms with Gasteiger partial charge in [0, 0.05) is 6.04 Å². The molecule has 2 N–H and O–H groups in total. The predicted octanol–water partition coefficient (Wildman–Crippen LogP) is 4.13. The number of carbonyl (C=O) groups is 1. The first-order valence-corrected chi connectivity index (χ1v) is 9.32. The largest absolute Gasteiger partial charge is 0.335 e. The fourth-order valence-corrected chi connectivity index (χ4v) is 3.91. The highest BCUT2D eigenvalue weighted by Crippen LogP contribution is 2.26. The fourth-order valence-electron chi connectivity index (χ4n) is 3.06. The van der Waals surface area contributed by atoms with Crippen molar-refractivity contribution in [1.29, 1.82) is 0 Å². The van der Waals surface area contributed by atoms with Gasteiger partial charge in [-0.1, -0.05) is 12.8 Å². The first-order chi connectivity index (χ1) is 12.2. The van der Waals surface area contributed by atoms with Gasteiger partial charge in [0.2, 0.25) is 0 Å². The van der Waals surface area contributed by atoms with E-state index in [0.29, 0.717) is 17.0 Å². The molecule has 0 aromatic carbocycles. The molecule has 0 bridgehead atoms. The Balaban J connectivity index is 1.54. The Labute approximate surface area is 149 Å². The summed E-state index contributed by atoms with van der Waals surface area (Å²) < 4.78 is 0. The van der Waals surface area contributed by atoms with Crippen molar-refractivity contribution in [3.8, 4) is 10.6 Å². The van der Waals surface area contributed by atoms with E-state index in [9.17, 15) is 4.79 Å². The van der Waals surface area contributed by atoms with Crippen LogP contribution in [0.15, 0.2) is 29.8 Å². The minimum Gasteiger partial charge on any atom is -0.335 e. The second-order valence-electron chi connectivity index (χ2n) is 6.36. The number of fused-ring (bicyclic) bond motifs is 1. The summed E-state index contributed by atoms with van der Waals surface area (Å²) in [5.74, 6) is 0.483. The number of amides is 2. The summed E-state index contributed by atoms with van der Waals surface area (Å²) in [4.78, 5) is 26.6. The molecule has 1 fully saturated rings. The van der Waals surface area contributed by atoms with E-state index in [0.717, 1.165) is 23.4 Å². The Kier molecular flexibility index (Phi) is 4.31. The number of aromatic nitrogens is 3. The maximum absolute atomic E-state index is 12.1. The molecule has 0 radical (unpaired) electrons. The van der Waals surface area contributed by atoms with E-state index in [2.05, 4.69) is 44.0 Å². The number of rotatable bonds is 3. The number of thiophene rings is 1. The van der Waals surface area contributed by atoms with Gasteiger partial charge in [0.25, 0.3) is 0 Å². The van der Waals surface area contributed by atoms with Gasteiger partial charge in [0.05, 0.1) is 11.1 Å². The maximum Gasteiger partial charge on any atom is 0.320 e. The third-order valence-electron chi connectivity index (χ3n) is 4.32. The second-order valence-corrected chi connectivity index (χ2v) is 7.27. The molecule has 0 unspecified atom stereocenters. The zero-order valence-corrected chi connectivity index (χ0v) is 14.8. The van der Waals surface area contributed by atoms with Crippen molar-refractivity contribution in [2.75, 3.05) is 5.32 Å². The van der Waals surface area contributed by atoms with Gasteiger partial charge in [-0.15, -0.1) is 11.3 Å². The summed E-state index contributed by atoms with van der Waals surface area (Å²) in [6, 6.07) is 5.72. The number of carbonyl (C=O) groups excluding carboxylic acids is 1. The molecule has 128 valence electrons. The highest BCUT2D eigenvalue weighted by atomic mass is 32.1. The molecule has 3 aromatic heterocycles. The summed E-state index contributed by atoms with van der Waals surface area (Å²) in [6.07, 6.45) is 6.22. The summed E-state index contributed by atoms with van der Waals surface area (Å²) in [5, 5.41) is 7.87. The van der Waals surface area contributed by atoms with Crippen LogP contribution in [0.1, 0.15) is 31.2 Å². The van der Waals surface area contributed by atoms with E-state index in [1.807, 2.05) is 6.07 Å². The van der Waals surface area contributed by atoms with Crippen LogP contribution in [-0.4, -0.2) is 27.0 Å². The van der Waals surface area contributed by atoms with Crippen LogP contribution in [0.2, 0.25) is 0 Å². The van der Waals surface area contributed by atoms with Gasteiger partial charge in [0.15, 0.2) is 5.65 Å². The van der Waals surface area contributed by atoms with Crippen LogP contribution in [0.3, 0.4) is 0 Å². The summed E-state index contributed by atoms with van der Waals surface area (Å²) in [5.41, 5.74) is 3.24. The van der Waals surface area contributed by atoms with Crippen molar-refractivity contribution < 1.29 is 4.79 Å². The van der Waals surface area contributed by atoms with Crippen LogP contribution in [0.25, 0.3) is 21.7 Å². The summed E-state index contributed by atoms with van der Waals surface area (Å²) in [6.45, 7) is 2.05. The van der Waals surface area contributed by atoms with Gasteiger partial charge in [-0.25, -0.2) is 14.8 Å². The van der Waals surface area contributed by atoms with E-state index in [1.165, 1.54) is 18.4 Å². The quantitative estimate of drug-likeness (QED) is 0.742. The number of hydrogen-bond donors (Lipinski definition) is 2. The molecule has 1 aliphatic carbocycles. The SMILES string of the molecule is Cc1csc(-c2cnc3ccc(NC(=O)NC4CCCC4)nc3n2)c1. The molecule has 1 aliphatic rings. The first-order valence-electron chi connectivity index (χ1n) is 8.44. The highest BCUT2D eigenvalue weighted by molar-refractivity contribution is 7.13. The molecule has 25 heavy (non-hydrogen) atoms. The van der Waals surface area contributed by atoms with E-state index in [4.69, 9.17) is 0 Å². The predicted molar refractivity (Wildman–Crippen MR) is 99.8 cm³/mol. The van der Waals surface area contributed by atoms with E-state index >= 15 is 0 Å². The monoisotopic (exact) mass is 353 g/mol. The van der Waals surface area contributed by atoms with Crippen LogP contribution in [-0.2, 0) is 0 Å². The molecular weight excluding hydrogens is 334 g/mol. The zero-order chi connectivity index (χ0) is 17.2. The number of nitrogens with one attached hydrogen (secondary N) is 2. The Bertz CT molecular complexity index is 917. The summed E-state index contributed by atoms with van der Waals surface area (Å²) in [7, 11) is 0. The molecule has 3 aromatic rings. The van der Waals surface area contributed by atoms with Crippen molar-refractivity contribution >= 4 is 34.3 Å². The van der Waals surface area contributed by atoms with E-state index in [-0.39, 0.29) is 12.1 Å². The fraction of sp³-hybridized carbons (Fsp3) is 0.333. The molecule has 6 nitrogen and oxygen atoms in total. The van der Waals surface area contributed by atoms with Gasteiger partial charge in [-0.2, -0.15) is 0 Å². The Morgan fingerprint density at radius 1 is 1.24 bits per heavy atom. The maximum atomic E-state index is 12.1. The van der Waals surface area contributed by atoms with Crippen molar-refractivity contribution in [3.63, 3.8) is 0 Å². The number of anilines is 1. The topological polar surface area (TPSA) is 79.8 Å². The van der Waals surface area contributed by atoms with Crippen LogP contribution >= 0.6 is 11.3 Å². The molecule has 7 heteroatoms. The lowest BCUT2D eigenvalue weighted by molar-refractivity contribution is 0.248. The normalized spacial score (nSPS) is 14.8. The first kappa shape index (κ1) is 16.0. The minimum absolute atomic E-state index is 0.211. The lowest BCUT2D eigenvalue weighted by atomic mass is 10.2. The van der Waals surface area contributed by atoms with Gasteiger partial charge < -0.3 is 5.32 Å². The Morgan fingerprint density at radius 3 is 2.84 bits per heavy atom. The minimum atomic E-state index is -0.211. The molecule has 0 aliphatic heterocycles. The number of nitrogens with zero attached hydrogens (tertiary/aromatic N) is 3. The van der Waals surface area contributed by atoms with Crippen LogP contribution in [0.5, 0.6) is 0 Å². The van der Waals surface area contributed by atoms with Crippen molar-refractivity contribution in [3.05, 3.63) is 35.3 Å². The molecule has 0 saturated heterocycles. The average molecular weight is 353 g/mol. The zero-order valence-electron chi connectivity index (χ0n) is 14.0. The second kappa shape index (κ2) is 6.76. The molecular formula is C18H19N5OS. The van der Waals surface area contributed by atoms with Crippen LogP contribution in [0.4, 0.5) is 10.6 Å². The molecule has 3 heterocycles. The molecule has 0 atom stereocenters. The van der Waals surface area contributed by atoms with E-state index < -0.39 is 0 Å². The van der Waals surface area contributed by atoms with Crippen LogP contribution in [0, 0.1) is 6.92 Å². The van der Waals surface area contributed by atoms with E-state index in [1.54, 1.807) is 23.6 Å². The lowest BCUT2D eigenvalue weighted by Gasteiger charge is -2.12. The molecule has 2 amide bonds. The van der Waals surface area contributed by atoms with Crippen molar-refractivity contribution in [2.45, 2.75) is 38.6 Å².